The van der Waals surface area contributed by atoms with E-state index < -0.39 is 0 Å². The van der Waals surface area contributed by atoms with Crippen molar-refractivity contribution in [3.63, 3.8) is 0 Å². The van der Waals surface area contributed by atoms with Crippen molar-refractivity contribution < 1.29 is 14.1 Å². The maximum atomic E-state index is 13.3. The van der Waals surface area contributed by atoms with E-state index in [1.807, 2.05) is 83.9 Å². The van der Waals surface area contributed by atoms with Crippen LogP contribution in [0.25, 0.3) is 22.5 Å². The van der Waals surface area contributed by atoms with Gasteiger partial charge in [0.2, 0.25) is 0 Å². The van der Waals surface area contributed by atoms with Gasteiger partial charge in [0.15, 0.2) is 0 Å². The van der Waals surface area contributed by atoms with Gasteiger partial charge in [-0.2, -0.15) is 0 Å². The average molecular weight is 542 g/mol. The van der Waals surface area contributed by atoms with E-state index in [4.69, 9.17) is 14.2 Å². The van der Waals surface area contributed by atoms with Crippen molar-refractivity contribution in [2.75, 3.05) is 13.1 Å². The van der Waals surface area contributed by atoms with Gasteiger partial charge in [0.1, 0.15) is 28.7 Å². The summed E-state index contributed by atoms with van der Waals surface area (Å²) in [5.74, 6) is 1.81. The maximum Gasteiger partial charge on any atom is 0.267 e. The minimum absolute atomic E-state index is 0.0499. The summed E-state index contributed by atoms with van der Waals surface area (Å²) >= 11 is 3.12. The third-order valence-corrected chi connectivity index (χ3v) is 8.77. The molecule has 0 unspecified atom stereocenters. The Kier molecular flexibility index (Phi) is 7.07. The lowest BCUT2D eigenvalue weighted by Crippen LogP contribution is -2.37. The highest BCUT2D eigenvalue weighted by Gasteiger charge is 2.29. The number of likely N-dealkylation sites (tertiary alicyclic amines) is 1. The molecule has 0 spiro atoms. The van der Waals surface area contributed by atoms with E-state index in [9.17, 15) is 4.79 Å². The third-order valence-electron chi connectivity index (χ3n) is 6.88. The fourth-order valence-electron chi connectivity index (χ4n) is 4.83. The molecule has 38 heavy (non-hydrogen) atoms. The molecule has 192 valence electrons. The first-order valence-corrected chi connectivity index (χ1v) is 14.4. The van der Waals surface area contributed by atoms with Crippen LogP contribution in [0.1, 0.15) is 44.8 Å². The van der Waals surface area contributed by atoms with Crippen LogP contribution in [0.2, 0.25) is 0 Å². The summed E-state index contributed by atoms with van der Waals surface area (Å²) in [7, 11) is 0. The van der Waals surface area contributed by atoms with Crippen LogP contribution in [-0.4, -0.2) is 34.0 Å². The van der Waals surface area contributed by atoms with Crippen LogP contribution in [0, 0.1) is 6.92 Å². The van der Waals surface area contributed by atoms with Crippen LogP contribution >= 0.6 is 22.7 Å². The molecule has 0 bridgehead atoms. The highest BCUT2D eigenvalue weighted by molar-refractivity contribution is 7.12. The van der Waals surface area contributed by atoms with Crippen molar-refractivity contribution in [2.24, 2.45) is 0 Å². The lowest BCUT2D eigenvalue weighted by molar-refractivity contribution is 0.0713. The van der Waals surface area contributed by atoms with Crippen molar-refractivity contribution >= 4 is 28.6 Å². The zero-order valence-corrected chi connectivity index (χ0v) is 22.6. The van der Waals surface area contributed by atoms with Gasteiger partial charge in [-0.1, -0.05) is 65.8 Å². The molecular weight excluding hydrogens is 514 g/mol. The number of carbonyl (C=O) groups excluding carboxylic acids is 1. The quantitative estimate of drug-likeness (QED) is 0.214. The fraction of sp³-hybridized carbons (Fsp3) is 0.233. The van der Waals surface area contributed by atoms with Gasteiger partial charge in [0, 0.05) is 30.0 Å². The van der Waals surface area contributed by atoms with Crippen molar-refractivity contribution in [3.8, 4) is 28.3 Å². The summed E-state index contributed by atoms with van der Waals surface area (Å²) in [6, 6.07) is 22.0. The summed E-state index contributed by atoms with van der Waals surface area (Å²) < 4.78 is 11.5. The smallest absolute Gasteiger partial charge is 0.267 e. The topological polar surface area (TPSA) is 68.5 Å². The zero-order valence-electron chi connectivity index (χ0n) is 21.0. The number of thiophene rings is 1. The molecule has 0 radical (unpaired) electrons. The summed E-state index contributed by atoms with van der Waals surface area (Å²) in [4.78, 5) is 21.0. The van der Waals surface area contributed by atoms with Crippen molar-refractivity contribution in [2.45, 2.75) is 32.3 Å². The van der Waals surface area contributed by atoms with Crippen LogP contribution < -0.4 is 4.74 Å². The van der Waals surface area contributed by atoms with E-state index >= 15 is 0 Å². The lowest BCUT2D eigenvalue weighted by Gasteiger charge is -2.31. The Morgan fingerprint density at radius 2 is 1.76 bits per heavy atom. The Hall–Kier alpha value is -3.75. The minimum Gasteiger partial charge on any atom is -0.487 e. The molecule has 1 aliphatic heterocycles. The van der Waals surface area contributed by atoms with E-state index in [0.29, 0.717) is 36.2 Å². The van der Waals surface area contributed by atoms with Gasteiger partial charge in [-0.3, -0.25) is 4.79 Å². The largest absolute Gasteiger partial charge is 0.487 e. The van der Waals surface area contributed by atoms with Gasteiger partial charge in [0.05, 0.1) is 16.3 Å². The number of hydrogen-bond donors (Lipinski definition) is 0. The summed E-state index contributed by atoms with van der Waals surface area (Å²) in [6.07, 6.45) is 1.77. The molecule has 0 aliphatic carbocycles. The number of ether oxygens (including phenoxy) is 1. The molecule has 6 nitrogen and oxygen atoms in total. The number of rotatable bonds is 7. The van der Waals surface area contributed by atoms with Crippen LogP contribution in [0.4, 0.5) is 0 Å². The number of carbonyl (C=O) groups is 1. The van der Waals surface area contributed by atoms with Crippen LogP contribution in [0.5, 0.6) is 5.75 Å². The number of thiazole rings is 1. The predicted molar refractivity (Wildman–Crippen MR) is 151 cm³/mol. The first kappa shape index (κ1) is 24.6. The summed E-state index contributed by atoms with van der Waals surface area (Å²) in [6.45, 7) is 3.79. The minimum atomic E-state index is 0.0499. The molecule has 1 aliphatic rings. The van der Waals surface area contributed by atoms with Gasteiger partial charge in [-0.15, -0.1) is 22.7 Å². The first-order valence-electron chi connectivity index (χ1n) is 12.7. The number of benzene rings is 2. The van der Waals surface area contributed by atoms with Gasteiger partial charge in [-0.05, 0) is 36.8 Å². The summed E-state index contributed by atoms with van der Waals surface area (Å²) in [5.41, 5.74) is 4.77. The Labute approximate surface area is 229 Å². The second kappa shape index (κ2) is 10.9. The summed E-state index contributed by atoms with van der Waals surface area (Å²) in [5, 5.41) is 9.44. The number of nitrogens with zero attached hydrogens (tertiary/aromatic N) is 3. The zero-order chi connectivity index (χ0) is 25.9. The Morgan fingerprint density at radius 3 is 2.53 bits per heavy atom. The number of amides is 1. The molecule has 8 heteroatoms. The molecule has 6 rings (SSSR count). The van der Waals surface area contributed by atoms with Crippen LogP contribution in [0.3, 0.4) is 0 Å². The normalized spacial score (nSPS) is 14.1. The van der Waals surface area contributed by atoms with E-state index in [0.717, 1.165) is 51.7 Å². The van der Waals surface area contributed by atoms with Gasteiger partial charge >= 0.3 is 0 Å². The molecule has 3 aromatic heterocycles. The number of aromatic nitrogens is 2. The molecule has 1 amide bonds. The van der Waals surface area contributed by atoms with E-state index in [2.05, 4.69) is 10.5 Å². The highest BCUT2D eigenvalue weighted by Crippen LogP contribution is 2.38. The molecule has 0 saturated carbocycles. The Morgan fingerprint density at radius 1 is 1.03 bits per heavy atom. The van der Waals surface area contributed by atoms with E-state index in [-0.39, 0.29) is 5.91 Å². The Balaban J connectivity index is 1.11. The molecule has 0 atom stereocenters. The van der Waals surface area contributed by atoms with Crippen molar-refractivity contribution in [3.05, 3.63) is 98.7 Å². The number of aryl methyl sites for hydroxylation is 1. The second-order valence-electron chi connectivity index (χ2n) is 9.35. The molecule has 1 fully saturated rings. The van der Waals surface area contributed by atoms with Crippen molar-refractivity contribution in [1.82, 2.24) is 15.0 Å². The molecular formula is C30H27N3O3S2. The molecule has 4 heterocycles. The lowest BCUT2D eigenvalue weighted by atomic mass is 9.97. The molecule has 2 aromatic carbocycles. The van der Waals surface area contributed by atoms with Gasteiger partial charge in [0.25, 0.3) is 5.91 Å². The highest BCUT2D eigenvalue weighted by atomic mass is 32.1. The first-order chi connectivity index (χ1) is 18.7. The average Bonchev–Trinajstić information content (AvgIpc) is 3.72. The third kappa shape index (κ3) is 5.01. The standard InChI is InChI=1S/C30H27N3O3S2/c1-20-26(27(32-36-20)22-10-6-3-7-11-22)24-19-38-29(31-24)23-12-15-33(16-13-23)30(34)28-25(14-17-37-28)35-18-21-8-4-2-5-9-21/h2-11,14,17,19,23H,12-13,15-16,18H2,1H3. The fourth-order valence-corrected chi connectivity index (χ4v) is 6.62. The number of hydrogen-bond acceptors (Lipinski definition) is 7. The predicted octanol–water partition coefficient (Wildman–Crippen LogP) is 7.43. The molecule has 0 N–H and O–H groups in total. The number of piperidine rings is 1. The molecule has 5 aromatic rings. The Bertz CT molecular complexity index is 1520. The van der Waals surface area contributed by atoms with Gasteiger partial charge in [-0.25, -0.2) is 4.98 Å². The van der Waals surface area contributed by atoms with Crippen LogP contribution in [-0.2, 0) is 6.61 Å². The monoisotopic (exact) mass is 541 g/mol. The van der Waals surface area contributed by atoms with E-state index in [1.54, 1.807) is 11.3 Å². The van der Waals surface area contributed by atoms with Crippen molar-refractivity contribution in [1.29, 1.82) is 0 Å². The maximum absolute atomic E-state index is 13.3. The molecule has 1 saturated heterocycles. The SMILES string of the molecule is Cc1onc(-c2ccccc2)c1-c1csc(C2CCN(C(=O)c3sccc3OCc3ccccc3)CC2)n1. The van der Waals surface area contributed by atoms with Crippen LogP contribution in [0.15, 0.2) is 82.0 Å². The van der Waals surface area contributed by atoms with Gasteiger partial charge < -0.3 is 14.2 Å². The second-order valence-corrected chi connectivity index (χ2v) is 11.2. The van der Waals surface area contributed by atoms with E-state index in [1.165, 1.54) is 11.3 Å².